The van der Waals surface area contributed by atoms with Crippen molar-refractivity contribution in [2.75, 3.05) is 13.7 Å². The molecular formula is C8H10N2O4. The van der Waals surface area contributed by atoms with E-state index in [9.17, 15) is 9.59 Å². The van der Waals surface area contributed by atoms with Gasteiger partial charge in [0.1, 0.15) is 5.69 Å². The Morgan fingerprint density at radius 2 is 2.21 bits per heavy atom. The van der Waals surface area contributed by atoms with Crippen molar-refractivity contribution in [1.29, 1.82) is 0 Å². The predicted octanol–water partition coefficient (Wildman–Crippen LogP) is 0.373. The predicted molar refractivity (Wildman–Crippen MR) is 45.9 cm³/mol. The lowest BCUT2D eigenvalue weighted by Gasteiger charge is -1.95. The minimum absolute atomic E-state index is 0.0623. The lowest BCUT2D eigenvalue weighted by atomic mass is 10.3. The molecular weight excluding hydrogens is 188 g/mol. The van der Waals surface area contributed by atoms with E-state index in [2.05, 4.69) is 19.7 Å². The number of nitrogens with one attached hydrogen (secondary N) is 1. The van der Waals surface area contributed by atoms with Gasteiger partial charge in [0.15, 0.2) is 5.69 Å². The Hall–Kier alpha value is -1.85. The highest BCUT2D eigenvalue weighted by atomic mass is 16.5. The Bertz CT molecular complexity index is 345. The van der Waals surface area contributed by atoms with Gasteiger partial charge in [-0.25, -0.2) is 9.59 Å². The van der Waals surface area contributed by atoms with Crippen LogP contribution in [0.5, 0.6) is 0 Å². The summed E-state index contributed by atoms with van der Waals surface area (Å²) in [6.07, 6.45) is 0. The highest BCUT2D eigenvalue weighted by molar-refractivity contribution is 5.92. The maximum Gasteiger partial charge on any atom is 0.358 e. The molecule has 6 nitrogen and oxygen atoms in total. The number of aromatic amines is 1. The van der Waals surface area contributed by atoms with Gasteiger partial charge in [0.2, 0.25) is 0 Å². The number of carbonyl (C=O) groups is 2. The second-order valence-electron chi connectivity index (χ2n) is 2.38. The first-order valence-corrected chi connectivity index (χ1v) is 4.00. The lowest BCUT2D eigenvalue weighted by Crippen LogP contribution is -2.04. The fraction of sp³-hybridized carbons (Fsp3) is 0.375. The van der Waals surface area contributed by atoms with Gasteiger partial charge in [0.25, 0.3) is 0 Å². The molecule has 0 radical (unpaired) electrons. The molecule has 1 rings (SSSR count). The van der Waals surface area contributed by atoms with Crippen LogP contribution in [0.2, 0.25) is 0 Å². The summed E-state index contributed by atoms with van der Waals surface area (Å²) < 4.78 is 9.11. The third kappa shape index (κ3) is 2.09. The van der Waals surface area contributed by atoms with Crippen LogP contribution in [0.4, 0.5) is 0 Å². The molecule has 1 aromatic heterocycles. The van der Waals surface area contributed by atoms with E-state index < -0.39 is 11.9 Å². The number of carbonyl (C=O) groups excluding carboxylic acids is 2. The topological polar surface area (TPSA) is 81.3 Å². The summed E-state index contributed by atoms with van der Waals surface area (Å²) in [6.45, 7) is 1.95. The molecule has 0 spiro atoms. The standard InChI is InChI=1S/C8H10N2O4/c1-3-14-8(12)6-4-5(9-10-6)7(11)13-2/h4H,3H2,1-2H3,(H,9,10). The van der Waals surface area contributed by atoms with Crippen LogP contribution in [0, 0.1) is 0 Å². The Labute approximate surface area is 80.2 Å². The van der Waals surface area contributed by atoms with Gasteiger partial charge in [-0.1, -0.05) is 0 Å². The summed E-state index contributed by atoms with van der Waals surface area (Å²) in [5.41, 5.74) is 0.183. The average Bonchev–Trinajstić information content (AvgIpc) is 2.66. The molecule has 0 aliphatic carbocycles. The highest BCUT2D eigenvalue weighted by Gasteiger charge is 2.15. The average molecular weight is 198 g/mol. The lowest BCUT2D eigenvalue weighted by molar-refractivity contribution is 0.0519. The van der Waals surface area contributed by atoms with Crippen molar-refractivity contribution in [2.45, 2.75) is 6.92 Å². The van der Waals surface area contributed by atoms with Crippen LogP contribution in [0.15, 0.2) is 6.07 Å². The highest BCUT2D eigenvalue weighted by Crippen LogP contribution is 2.02. The minimum atomic E-state index is -0.576. The minimum Gasteiger partial charge on any atom is -0.464 e. The van der Waals surface area contributed by atoms with Crippen LogP contribution in [-0.4, -0.2) is 35.9 Å². The third-order valence-corrected chi connectivity index (χ3v) is 1.47. The number of methoxy groups -OCH3 is 1. The number of hydrogen-bond donors (Lipinski definition) is 1. The molecule has 1 heterocycles. The molecule has 0 aliphatic rings. The summed E-state index contributed by atoms with van der Waals surface area (Å²) in [6, 6.07) is 1.28. The van der Waals surface area contributed by atoms with Crippen molar-refractivity contribution < 1.29 is 19.1 Å². The van der Waals surface area contributed by atoms with Crippen molar-refractivity contribution in [3.8, 4) is 0 Å². The molecule has 14 heavy (non-hydrogen) atoms. The Kier molecular flexibility index (Phi) is 3.22. The van der Waals surface area contributed by atoms with Crippen molar-refractivity contribution in [3.05, 3.63) is 17.5 Å². The molecule has 0 saturated carbocycles. The molecule has 1 N–H and O–H groups in total. The SMILES string of the molecule is CCOC(=O)c1cc(C(=O)OC)[nH]n1. The van der Waals surface area contributed by atoms with Crippen molar-refractivity contribution in [1.82, 2.24) is 10.2 Å². The zero-order valence-electron chi connectivity index (χ0n) is 7.86. The van der Waals surface area contributed by atoms with Crippen molar-refractivity contribution in [2.24, 2.45) is 0 Å². The maximum absolute atomic E-state index is 11.1. The van der Waals surface area contributed by atoms with E-state index in [1.165, 1.54) is 13.2 Å². The molecule has 0 aromatic carbocycles. The first-order chi connectivity index (χ1) is 6.69. The van der Waals surface area contributed by atoms with E-state index in [-0.39, 0.29) is 18.0 Å². The van der Waals surface area contributed by atoms with Crippen LogP contribution >= 0.6 is 0 Å². The van der Waals surface area contributed by atoms with E-state index in [0.717, 1.165) is 0 Å². The number of ether oxygens (including phenoxy) is 2. The summed E-state index contributed by atoms with van der Waals surface area (Å²) in [4.78, 5) is 22.1. The van der Waals surface area contributed by atoms with Gasteiger partial charge in [-0.15, -0.1) is 0 Å². The van der Waals surface area contributed by atoms with E-state index in [1.54, 1.807) is 6.92 Å². The van der Waals surface area contributed by atoms with Gasteiger partial charge >= 0.3 is 11.9 Å². The molecule has 6 heteroatoms. The third-order valence-electron chi connectivity index (χ3n) is 1.47. The van der Waals surface area contributed by atoms with Gasteiger partial charge in [0.05, 0.1) is 13.7 Å². The molecule has 0 unspecified atom stereocenters. The van der Waals surface area contributed by atoms with Gasteiger partial charge in [-0.05, 0) is 6.92 Å². The van der Waals surface area contributed by atoms with E-state index in [1.807, 2.05) is 0 Å². The summed E-state index contributed by atoms with van der Waals surface area (Å²) in [5.74, 6) is -1.15. The number of hydrogen-bond acceptors (Lipinski definition) is 5. The largest absolute Gasteiger partial charge is 0.464 e. The molecule has 0 aliphatic heterocycles. The fourth-order valence-electron chi connectivity index (χ4n) is 0.846. The zero-order valence-corrected chi connectivity index (χ0v) is 7.86. The van der Waals surface area contributed by atoms with Crippen LogP contribution in [0.3, 0.4) is 0 Å². The molecule has 0 amide bonds. The number of rotatable bonds is 3. The summed E-state index contributed by atoms with van der Waals surface area (Å²) in [5, 5.41) is 5.97. The molecule has 0 bridgehead atoms. The number of esters is 2. The Balaban J connectivity index is 2.77. The number of H-pyrrole nitrogens is 1. The zero-order chi connectivity index (χ0) is 10.6. The van der Waals surface area contributed by atoms with E-state index >= 15 is 0 Å². The van der Waals surface area contributed by atoms with Gasteiger partial charge in [0, 0.05) is 6.07 Å². The summed E-state index contributed by atoms with van der Waals surface area (Å²) >= 11 is 0. The van der Waals surface area contributed by atoms with Crippen LogP contribution in [0.25, 0.3) is 0 Å². The Morgan fingerprint density at radius 3 is 2.79 bits per heavy atom. The normalized spacial score (nSPS) is 9.57. The molecule has 0 saturated heterocycles. The van der Waals surface area contributed by atoms with Crippen LogP contribution < -0.4 is 0 Å². The molecule has 76 valence electrons. The van der Waals surface area contributed by atoms with Crippen molar-refractivity contribution >= 4 is 11.9 Å². The van der Waals surface area contributed by atoms with Crippen LogP contribution in [-0.2, 0) is 9.47 Å². The molecule has 1 aromatic rings. The number of nitrogens with zero attached hydrogens (tertiary/aromatic N) is 1. The van der Waals surface area contributed by atoms with Gasteiger partial charge < -0.3 is 9.47 Å². The quantitative estimate of drug-likeness (QED) is 0.709. The fourth-order valence-corrected chi connectivity index (χ4v) is 0.846. The monoisotopic (exact) mass is 198 g/mol. The van der Waals surface area contributed by atoms with Crippen molar-refractivity contribution in [3.63, 3.8) is 0 Å². The smallest absolute Gasteiger partial charge is 0.358 e. The van der Waals surface area contributed by atoms with E-state index in [0.29, 0.717) is 0 Å². The molecule has 0 atom stereocenters. The summed E-state index contributed by atoms with van der Waals surface area (Å²) in [7, 11) is 1.24. The molecule has 0 fully saturated rings. The second-order valence-corrected chi connectivity index (χ2v) is 2.38. The maximum atomic E-state index is 11.1. The Morgan fingerprint density at radius 1 is 1.50 bits per heavy atom. The van der Waals surface area contributed by atoms with Crippen LogP contribution in [0.1, 0.15) is 27.9 Å². The first-order valence-electron chi connectivity index (χ1n) is 4.00. The second kappa shape index (κ2) is 4.40. The first kappa shape index (κ1) is 10.2. The van der Waals surface area contributed by atoms with E-state index in [4.69, 9.17) is 0 Å². The number of aromatic nitrogens is 2. The van der Waals surface area contributed by atoms with Gasteiger partial charge in [-0.2, -0.15) is 5.10 Å². The van der Waals surface area contributed by atoms with Gasteiger partial charge in [-0.3, -0.25) is 5.10 Å².